The molecule has 0 unspecified atom stereocenters. The van der Waals surface area contributed by atoms with Crippen LogP contribution in [0.3, 0.4) is 0 Å². The van der Waals surface area contributed by atoms with E-state index < -0.39 is 0 Å². The fourth-order valence-electron chi connectivity index (χ4n) is 2.84. The summed E-state index contributed by atoms with van der Waals surface area (Å²) in [5.74, 6) is 0.114. The number of benzene rings is 2. The van der Waals surface area contributed by atoms with Crippen molar-refractivity contribution in [1.82, 2.24) is 4.98 Å². The molecule has 0 spiro atoms. The first-order valence-electron chi connectivity index (χ1n) is 6.54. The molecule has 1 heterocycles. The van der Waals surface area contributed by atoms with E-state index in [9.17, 15) is 4.79 Å². The minimum atomic E-state index is 0.114. The van der Waals surface area contributed by atoms with Crippen molar-refractivity contribution in [2.24, 2.45) is 0 Å². The quantitative estimate of drug-likeness (QED) is 0.516. The molecule has 1 aliphatic carbocycles. The normalized spacial score (nSPS) is 12.1. The van der Waals surface area contributed by atoms with Gasteiger partial charge in [0.05, 0.1) is 0 Å². The maximum Gasteiger partial charge on any atom is 0.194 e. The first-order chi connectivity index (χ1) is 9.86. The van der Waals surface area contributed by atoms with Crippen molar-refractivity contribution < 1.29 is 4.79 Å². The SMILES string of the molecule is O=C1c2ccccc2-c2cccc(-c3ccncc3)c21. The van der Waals surface area contributed by atoms with Crippen molar-refractivity contribution in [2.75, 3.05) is 0 Å². The van der Waals surface area contributed by atoms with Crippen LogP contribution in [0.4, 0.5) is 0 Å². The lowest BCUT2D eigenvalue weighted by Crippen LogP contribution is -1.98. The average Bonchev–Trinajstić information content (AvgIpc) is 2.82. The van der Waals surface area contributed by atoms with E-state index in [-0.39, 0.29) is 5.78 Å². The number of carbonyl (C=O) groups is 1. The lowest BCUT2D eigenvalue weighted by molar-refractivity contribution is 0.104. The van der Waals surface area contributed by atoms with Crippen LogP contribution in [0, 0.1) is 0 Å². The van der Waals surface area contributed by atoms with Crippen LogP contribution in [0.25, 0.3) is 22.3 Å². The van der Waals surface area contributed by atoms with E-state index in [4.69, 9.17) is 0 Å². The van der Waals surface area contributed by atoms with Crippen molar-refractivity contribution in [3.05, 3.63) is 78.1 Å². The van der Waals surface area contributed by atoms with Gasteiger partial charge in [0, 0.05) is 23.5 Å². The van der Waals surface area contributed by atoms with Crippen molar-refractivity contribution in [1.29, 1.82) is 0 Å². The van der Waals surface area contributed by atoms with Crippen LogP contribution in [0.15, 0.2) is 67.0 Å². The number of carbonyl (C=O) groups excluding carboxylic acids is 1. The molecule has 2 aromatic carbocycles. The second kappa shape index (κ2) is 4.14. The van der Waals surface area contributed by atoms with Crippen LogP contribution in [0.2, 0.25) is 0 Å². The van der Waals surface area contributed by atoms with Gasteiger partial charge < -0.3 is 0 Å². The molecule has 0 amide bonds. The Morgan fingerprint density at radius 3 is 2.10 bits per heavy atom. The first-order valence-corrected chi connectivity index (χ1v) is 6.54. The molecule has 2 heteroatoms. The van der Waals surface area contributed by atoms with Crippen LogP contribution in [-0.4, -0.2) is 10.8 Å². The minimum Gasteiger partial charge on any atom is -0.289 e. The highest BCUT2D eigenvalue weighted by molar-refractivity contribution is 6.24. The van der Waals surface area contributed by atoms with Gasteiger partial charge in [0.15, 0.2) is 5.78 Å². The monoisotopic (exact) mass is 257 g/mol. The first kappa shape index (κ1) is 11.1. The Bertz CT molecular complexity index is 822. The van der Waals surface area contributed by atoms with E-state index >= 15 is 0 Å². The summed E-state index contributed by atoms with van der Waals surface area (Å²) in [4.78, 5) is 16.7. The van der Waals surface area contributed by atoms with Crippen LogP contribution in [0.5, 0.6) is 0 Å². The zero-order chi connectivity index (χ0) is 13.5. The molecule has 0 atom stereocenters. The Hall–Kier alpha value is -2.74. The molecule has 1 aromatic heterocycles. The number of ketones is 1. The van der Waals surface area contributed by atoms with Gasteiger partial charge >= 0.3 is 0 Å². The van der Waals surface area contributed by atoms with E-state index in [1.165, 1.54) is 0 Å². The van der Waals surface area contributed by atoms with E-state index in [2.05, 4.69) is 4.98 Å². The Labute approximate surface area is 116 Å². The molecule has 0 bridgehead atoms. The summed E-state index contributed by atoms with van der Waals surface area (Å²) in [6.45, 7) is 0. The average molecular weight is 257 g/mol. The van der Waals surface area contributed by atoms with Gasteiger partial charge in [-0.25, -0.2) is 0 Å². The van der Waals surface area contributed by atoms with Crippen molar-refractivity contribution in [3.63, 3.8) is 0 Å². The third kappa shape index (κ3) is 1.45. The number of rotatable bonds is 1. The number of aromatic nitrogens is 1. The van der Waals surface area contributed by atoms with Gasteiger partial charge in [0.1, 0.15) is 0 Å². The summed E-state index contributed by atoms with van der Waals surface area (Å²) < 4.78 is 0. The van der Waals surface area contributed by atoms with Gasteiger partial charge in [-0.1, -0.05) is 42.5 Å². The maximum absolute atomic E-state index is 12.7. The maximum atomic E-state index is 12.7. The smallest absolute Gasteiger partial charge is 0.194 e. The molecule has 4 rings (SSSR count). The van der Waals surface area contributed by atoms with E-state index in [0.717, 1.165) is 33.4 Å². The molecule has 0 aliphatic heterocycles. The highest BCUT2D eigenvalue weighted by Gasteiger charge is 2.28. The zero-order valence-corrected chi connectivity index (χ0v) is 10.7. The third-order valence-electron chi connectivity index (χ3n) is 3.74. The predicted octanol–water partition coefficient (Wildman–Crippen LogP) is 3.96. The fourth-order valence-corrected chi connectivity index (χ4v) is 2.84. The van der Waals surface area contributed by atoms with Crippen molar-refractivity contribution in [3.8, 4) is 22.3 Å². The second-order valence-electron chi connectivity index (χ2n) is 4.84. The van der Waals surface area contributed by atoms with Crippen LogP contribution >= 0.6 is 0 Å². The molecule has 20 heavy (non-hydrogen) atoms. The topological polar surface area (TPSA) is 30.0 Å². The summed E-state index contributed by atoms with van der Waals surface area (Å²) in [5, 5.41) is 0. The van der Waals surface area contributed by atoms with Crippen LogP contribution in [0.1, 0.15) is 15.9 Å². The van der Waals surface area contributed by atoms with Gasteiger partial charge in [0.2, 0.25) is 0 Å². The minimum absolute atomic E-state index is 0.114. The molecule has 1 aliphatic rings. The molecule has 2 nitrogen and oxygen atoms in total. The van der Waals surface area contributed by atoms with Crippen molar-refractivity contribution >= 4 is 5.78 Å². The number of fused-ring (bicyclic) bond motifs is 3. The molecule has 0 N–H and O–H groups in total. The van der Waals surface area contributed by atoms with Gasteiger partial charge in [-0.15, -0.1) is 0 Å². The van der Waals surface area contributed by atoms with Crippen LogP contribution < -0.4 is 0 Å². The molecule has 0 fully saturated rings. The van der Waals surface area contributed by atoms with E-state index in [0.29, 0.717) is 0 Å². The van der Waals surface area contributed by atoms with Gasteiger partial charge in [-0.05, 0) is 34.4 Å². The Kier molecular flexibility index (Phi) is 2.30. The summed E-state index contributed by atoms with van der Waals surface area (Å²) in [7, 11) is 0. The number of pyridine rings is 1. The van der Waals surface area contributed by atoms with Gasteiger partial charge in [-0.3, -0.25) is 9.78 Å². The van der Waals surface area contributed by atoms with Crippen molar-refractivity contribution in [2.45, 2.75) is 0 Å². The lowest BCUT2D eigenvalue weighted by Gasteiger charge is -2.07. The molecule has 0 radical (unpaired) electrons. The molecular formula is C18H11NO. The molecule has 3 aromatic rings. The summed E-state index contributed by atoms with van der Waals surface area (Å²) in [6, 6.07) is 17.7. The molecular weight excluding hydrogens is 246 g/mol. The fraction of sp³-hybridized carbons (Fsp3) is 0. The molecule has 0 saturated heterocycles. The number of hydrogen-bond acceptors (Lipinski definition) is 2. The van der Waals surface area contributed by atoms with E-state index in [1.54, 1.807) is 12.4 Å². The zero-order valence-electron chi connectivity index (χ0n) is 10.7. The van der Waals surface area contributed by atoms with Gasteiger partial charge in [0.25, 0.3) is 0 Å². The Balaban J connectivity index is 2.03. The molecule has 94 valence electrons. The third-order valence-corrected chi connectivity index (χ3v) is 3.74. The largest absolute Gasteiger partial charge is 0.289 e. The Morgan fingerprint density at radius 1 is 0.650 bits per heavy atom. The lowest BCUT2D eigenvalue weighted by atomic mass is 9.96. The number of hydrogen-bond donors (Lipinski definition) is 0. The summed E-state index contributed by atoms with van der Waals surface area (Å²) in [5.41, 5.74) is 5.66. The standard InChI is InChI=1S/C18H11NO/c20-18-16-5-2-1-4-14(16)15-7-3-6-13(17(15)18)12-8-10-19-11-9-12/h1-11H. The summed E-state index contributed by atoms with van der Waals surface area (Å²) >= 11 is 0. The van der Waals surface area contributed by atoms with E-state index in [1.807, 2.05) is 54.6 Å². The summed E-state index contributed by atoms with van der Waals surface area (Å²) in [6.07, 6.45) is 3.50. The van der Waals surface area contributed by atoms with Gasteiger partial charge in [-0.2, -0.15) is 0 Å². The predicted molar refractivity (Wildman–Crippen MR) is 78.5 cm³/mol. The Morgan fingerprint density at radius 2 is 1.30 bits per heavy atom. The molecule has 0 saturated carbocycles. The highest BCUT2D eigenvalue weighted by atomic mass is 16.1. The number of nitrogens with zero attached hydrogens (tertiary/aromatic N) is 1. The second-order valence-corrected chi connectivity index (χ2v) is 4.84. The van der Waals surface area contributed by atoms with Crippen LogP contribution in [-0.2, 0) is 0 Å². The highest BCUT2D eigenvalue weighted by Crippen LogP contribution is 2.41.